The second-order valence-corrected chi connectivity index (χ2v) is 4.81. The second kappa shape index (κ2) is 5.89. The van der Waals surface area contributed by atoms with Crippen molar-refractivity contribution < 1.29 is 9.21 Å². The average Bonchev–Trinajstić information content (AvgIpc) is 2.60. The van der Waals surface area contributed by atoms with Gasteiger partial charge in [-0.15, -0.1) is 0 Å². The standard InChI is InChI=1S/C13H21N3O2/c1-10-11(2)18-12(15-10)9-14-13(17)16-7-5-3-4-6-8-16/h3-9H2,1-2H3,(H,14,17). The number of hydrogen-bond donors (Lipinski definition) is 1. The van der Waals surface area contributed by atoms with E-state index in [0.717, 1.165) is 37.4 Å². The lowest BCUT2D eigenvalue weighted by Gasteiger charge is -2.20. The molecule has 0 saturated carbocycles. The molecule has 1 aliphatic rings. The molecular weight excluding hydrogens is 230 g/mol. The highest BCUT2D eigenvalue weighted by molar-refractivity contribution is 5.74. The molecule has 1 aromatic rings. The molecule has 2 heterocycles. The van der Waals surface area contributed by atoms with Crippen LogP contribution in [0.1, 0.15) is 43.0 Å². The fraction of sp³-hybridized carbons (Fsp3) is 0.692. The van der Waals surface area contributed by atoms with E-state index in [0.29, 0.717) is 12.4 Å². The Balaban J connectivity index is 1.83. The fourth-order valence-corrected chi connectivity index (χ4v) is 2.15. The maximum absolute atomic E-state index is 12.0. The Hall–Kier alpha value is -1.52. The molecule has 2 rings (SSSR count). The molecule has 0 aliphatic carbocycles. The Bertz CT molecular complexity index is 387. The molecule has 1 fully saturated rings. The monoisotopic (exact) mass is 251 g/mol. The summed E-state index contributed by atoms with van der Waals surface area (Å²) in [7, 11) is 0. The molecule has 5 heteroatoms. The summed E-state index contributed by atoms with van der Waals surface area (Å²) in [6, 6.07) is -0.00888. The third kappa shape index (κ3) is 3.24. The van der Waals surface area contributed by atoms with Gasteiger partial charge < -0.3 is 14.6 Å². The molecule has 1 aromatic heterocycles. The van der Waals surface area contributed by atoms with Crippen LogP contribution < -0.4 is 5.32 Å². The van der Waals surface area contributed by atoms with E-state index >= 15 is 0 Å². The quantitative estimate of drug-likeness (QED) is 0.878. The highest BCUT2D eigenvalue weighted by Gasteiger charge is 2.15. The van der Waals surface area contributed by atoms with Crippen molar-refractivity contribution in [3.05, 3.63) is 17.3 Å². The summed E-state index contributed by atoms with van der Waals surface area (Å²) < 4.78 is 5.43. The van der Waals surface area contributed by atoms with Crippen LogP contribution in [0.3, 0.4) is 0 Å². The molecule has 18 heavy (non-hydrogen) atoms. The van der Waals surface area contributed by atoms with Crippen molar-refractivity contribution in [2.75, 3.05) is 13.1 Å². The summed E-state index contributed by atoms with van der Waals surface area (Å²) in [4.78, 5) is 18.1. The van der Waals surface area contributed by atoms with Crippen LogP contribution in [-0.2, 0) is 6.54 Å². The number of nitrogens with one attached hydrogen (secondary N) is 1. The first-order chi connectivity index (χ1) is 8.66. The second-order valence-electron chi connectivity index (χ2n) is 4.81. The maximum atomic E-state index is 12.0. The zero-order valence-electron chi connectivity index (χ0n) is 11.2. The Morgan fingerprint density at radius 3 is 2.50 bits per heavy atom. The van der Waals surface area contributed by atoms with Gasteiger partial charge >= 0.3 is 6.03 Å². The zero-order chi connectivity index (χ0) is 13.0. The summed E-state index contributed by atoms with van der Waals surface area (Å²) in [5.74, 6) is 1.39. The van der Waals surface area contributed by atoms with E-state index in [1.807, 2.05) is 18.7 Å². The Morgan fingerprint density at radius 1 is 1.28 bits per heavy atom. The van der Waals surface area contributed by atoms with E-state index in [9.17, 15) is 4.79 Å². The number of aromatic nitrogens is 1. The van der Waals surface area contributed by atoms with E-state index in [4.69, 9.17) is 4.42 Å². The molecular formula is C13H21N3O2. The number of aryl methyl sites for hydroxylation is 2. The van der Waals surface area contributed by atoms with Crippen LogP contribution in [0.2, 0.25) is 0 Å². The van der Waals surface area contributed by atoms with Crippen molar-refractivity contribution in [2.45, 2.75) is 46.1 Å². The summed E-state index contributed by atoms with van der Waals surface area (Å²) in [6.45, 7) is 5.86. The fourth-order valence-electron chi connectivity index (χ4n) is 2.15. The topological polar surface area (TPSA) is 58.4 Å². The lowest BCUT2D eigenvalue weighted by molar-refractivity contribution is 0.198. The summed E-state index contributed by atoms with van der Waals surface area (Å²) in [5, 5.41) is 2.87. The number of urea groups is 1. The van der Waals surface area contributed by atoms with E-state index in [-0.39, 0.29) is 6.03 Å². The van der Waals surface area contributed by atoms with Crippen molar-refractivity contribution in [1.29, 1.82) is 0 Å². The van der Waals surface area contributed by atoms with Gasteiger partial charge in [0.15, 0.2) is 0 Å². The van der Waals surface area contributed by atoms with Gasteiger partial charge in [-0.3, -0.25) is 0 Å². The first-order valence-corrected chi connectivity index (χ1v) is 6.62. The number of oxazole rings is 1. The smallest absolute Gasteiger partial charge is 0.317 e. The van der Waals surface area contributed by atoms with Crippen LogP contribution in [0, 0.1) is 13.8 Å². The molecule has 1 N–H and O–H groups in total. The lowest BCUT2D eigenvalue weighted by atomic mass is 10.2. The van der Waals surface area contributed by atoms with Crippen molar-refractivity contribution in [3.63, 3.8) is 0 Å². The Labute approximate surface area is 108 Å². The Kier molecular flexibility index (Phi) is 4.23. The van der Waals surface area contributed by atoms with Crippen LogP contribution in [-0.4, -0.2) is 29.0 Å². The van der Waals surface area contributed by atoms with E-state index in [1.54, 1.807) is 0 Å². The number of nitrogens with zero attached hydrogens (tertiary/aromatic N) is 2. The number of carbonyl (C=O) groups is 1. The molecule has 0 bridgehead atoms. The molecule has 5 nitrogen and oxygen atoms in total. The molecule has 1 saturated heterocycles. The number of hydrogen-bond acceptors (Lipinski definition) is 3. The zero-order valence-corrected chi connectivity index (χ0v) is 11.2. The van der Waals surface area contributed by atoms with Crippen molar-refractivity contribution in [3.8, 4) is 0 Å². The number of amides is 2. The Morgan fingerprint density at radius 2 is 1.94 bits per heavy atom. The van der Waals surface area contributed by atoms with Gasteiger partial charge in [0.05, 0.1) is 12.2 Å². The van der Waals surface area contributed by atoms with Gasteiger partial charge in [-0.05, 0) is 26.7 Å². The third-order valence-corrected chi connectivity index (χ3v) is 3.36. The van der Waals surface area contributed by atoms with Crippen molar-refractivity contribution >= 4 is 6.03 Å². The molecule has 100 valence electrons. The van der Waals surface area contributed by atoms with Gasteiger partial charge in [0.25, 0.3) is 0 Å². The van der Waals surface area contributed by atoms with Crippen LogP contribution in [0.15, 0.2) is 4.42 Å². The number of carbonyl (C=O) groups excluding carboxylic acids is 1. The third-order valence-electron chi connectivity index (χ3n) is 3.36. The predicted octanol–water partition coefficient (Wildman–Crippen LogP) is 2.38. The normalized spacial score (nSPS) is 16.4. The van der Waals surface area contributed by atoms with Crippen molar-refractivity contribution in [2.24, 2.45) is 0 Å². The van der Waals surface area contributed by atoms with E-state index in [2.05, 4.69) is 10.3 Å². The highest BCUT2D eigenvalue weighted by Crippen LogP contribution is 2.10. The SMILES string of the molecule is Cc1nc(CNC(=O)N2CCCCCC2)oc1C. The molecule has 0 radical (unpaired) electrons. The minimum Gasteiger partial charge on any atom is -0.444 e. The minimum atomic E-state index is -0.00888. The highest BCUT2D eigenvalue weighted by atomic mass is 16.4. The van der Waals surface area contributed by atoms with E-state index in [1.165, 1.54) is 12.8 Å². The molecule has 1 aliphatic heterocycles. The lowest BCUT2D eigenvalue weighted by Crippen LogP contribution is -2.40. The number of likely N-dealkylation sites (tertiary alicyclic amines) is 1. The number of rotatable bonds is 2. The van der Waals surface area contributed by atoms with Gasteiger partial charge in [-0.2, -0.15) is 0 Å². The molecule has 2 amide bonds. The van der Waals surface area contributed by atoms with Crippen LogP contribution in [0.5, 0.6) is 0 Å². The van der Waals surface area contributed by atoms with Gasteiger partial charge in [-0.25, -0.2) is 9.78 Å². The molecule has 0 spiro atoms. The molecule has 0 aromatic carbocycles. The van der Waals surface area contributed by atoms with E-state index < -0.39 is 0 Å². The van der Waals surface area contributed by atoms with Crippen molar-refractivity contribution in [1.82, 2.24) is 15.2 Å². The largest absolute Gasteiger partial charge is 0.444 e. The van der Waals surface area contributed by atoms with Gasteiger partial charge in [0, 0.05) is 13.1 Å². The van der Waals surface area contributed by atoms with Crippen LogP contribution >= 0.6 is 0 Å². The van der Waals surface area contributed by atoms with Gasteiger partial charge in [-0.1, -0.05) is 12.8 Å². The first-order valence-electron chi connectivity index (χ1n) is 6.62. The predicted molar refractivity (Wildman–Crippen MR) is 68.3 cm³/mol. The summed E-state index contributed by atoms with van der Waals surface area (Å²) in [6.07, 6.45) is 4.65. The van der Waals surface area contributed by atoms with Crippen LogP contribution in [0.25, 0.3) is 0 Å². The maximum Gasteiger partial charge on any atom is 0.317 e. The average molecular weight is 251 g/mol. The van der Waals surface area contributed by atoms with Gasteiger partial charge in [0.2, 0.25) is 5.89 Å². The molecule has 0 atom stereocenters. The van der Waals surface area contributed by atoms with Crippen LogP contribution in [0.4, 0.5) is 4.79 Å². The summed E-state index contributed by atoms with van der Waals surface area (Å²) >= 11 is 0. The van der Waals surface area contributed by atoms with Gasteiger partial charge in [0.1, 0.15) is 5.76 Å². The first kappa shape index (κ1) is 12.9. The minimum absolute atomic E-state index is 0.00888. The molecule has 0 unspecified atom stereocenters. The summed E-state index contributed by atoms with van der Waals surface area (Å²) in [5.41, 5.74) is 0.883.